The number of nitrogens with zero attached hydrogens (tertiary/aromatic N) is 3. The molecule has 3 aromatic rings. The summed E-state index contributed by atoms with van der Waals surface area (Å²) in [5.41, 5.74) is 1.31. The molecule has 0 saturated heterocycles. The van der Waals surface area contributed by atoms with Crippen molar-refractivity contribution in [2.24, 2.45) is 0 Å². The van der Waals surface area contributed by atoms with E-state index < -0.39 is 34.8 Å². The monoisotopic (exact) mass is 423 g/mol. The minimum absolute atomic E-state index is 0.0508. The molecule has 0 radical (unpaired) electrons. The Hall–Kier alpha value is -3.59. The first-order chi connectivity index (χ1) is 14.3. The average molecular weight is 423 g/mol. The number of rotatable bonds is 6. The number of Topliss-reactive ketones (excluding diaryl/α,β-unsaturated/α-hetero) is 1. The number of nitro benzene ring substituents is 1. The lowest BCUT2D eigenvalue weighted by atomic mass is 10.1. The molecule has 8 nitrogen and oxygen atoms in total. The third-order valence-electron chi connectivity index (χ3n) is 5.24. The number of nitro groups is 1. The zero-order valence-corrected chi connectivity index (χ0v) is 17.1. The molecule has 0 N–H and O–H groups in total. The summed E-state index contributed by atoms with van der Waals surface area (Å²) in [6, 6.07) is 9.60. The van der Waals surface area contributed by atoms with Gasteiger partial charge in [0.1, 0.15) is 5.56 Å². The maximum Gasteiger partial charge on any atom is 0.282 e. The van der Waals surface area contributed by atoms with Gasteiger partial charge in [-0.3, -0.25) is 29.4 Å². The van der Waals surface area contributed by atoms with Gasteiger partial charge in [-0.25, -0.2) is 0 Å². The number of thiophene rings is 1. The lowest BCUT2D eigenvalue weighted by molar-refractivity contribution is -0.385. The van der Waals surface area contributed by atoms with Gasteiger partial charge in [0.15, 0.2) is 5.78 Å². The highest BCUT2D eigenvalue weighted by atomic mass is 32.1. The second-order valence-corrected chi connectivity index (χ2v) is 8.06. The first-order valence-corrected chi connectivity index (χ1v) is 10.0. The van der Waals surface area contributed by atoms with E-state index >= 15 is 0 Å². The first-order valence-electron chi connectivity index (χ1n) is 9.15. The molecule has 30 heavy (non-hydrogen) atoms. The minimum atomic E-state index is -0.817. The minimum Gasteiger partial charge on any atom is -0.343 e. The molecular formula is C21H17N3O5S. The Morgan fingerprint density at radius 3 is 2.57 bits per heavy atom. The number of aromatic nitrogens is 1. The molecule has 9 heteroatoms. The number of carbonyl (C=O) groups is 3. The zero-order chi connectivity index (χ0) is 21.6. The lowest BCUT2D eigenvalue weighted by Gasteiger charge is -2.13. The Morgan fingerprint density at radius 2 is 1.90 bits per heavy atom. The van der Waals surface area contributed by atoms with Crippen LogP contribution in [0.5, 0.6) is 0 Å². The summed E-state index contributed by atoms with van der Waals surface area (Å²) in [5, 5.41) is 13.2. The van der Waals surface area contributed by atoms with Crippen molar-refractivity contribution in [1.82, 2.24) is 9.47 Å². The second kappa shape index (κ2) is 7.34. The summed E-state index contributed by atoms with van der Waals surface area (Å²) in [6.45, 7) is 3.87. The van der Waals surface area contributed by atoms with Gasteiger partial charge in [0, 0.05) is 27.9 Å². The van der Waals surface area contributed by atoms with Gasteiger partial charge in [-0.05, 0) is 37.4 Å². The Morgan fingerprint density at radius 1 is 1.13 bits per heavy atom. The van der Waals surface area contributed by atoms with Gasteiger partial charge in [-0.2, -0.15) is 0 Å². The van der Waals surface area contributed by atoms with E-state index in [4.69, 9.17) is 0 Å². The van der Waals surface area contributed by atoms with Crippen LogP contribution in [0.2, 0.25) is 0 Å². The van der Waals surface area contributed by atoms with Gasteiger partial charge in [-0.1, -0.05) is 12.1 Å². The summed E-state index contributed by atoms with van der Waals surface area (Å²) in [6.07, 6.45) is 0. The lowest BCUT2D eigenvalue weighted by Crippen LogP contribution is -2.35. The quantitative estimate of drug-likeness (QED) is 0.261. The summed E-state index contributed by atoms with van der Waals surface area (Å²) in [4.78, 5) is 50.8. The number of amides is 2. The standard InChI is InChI=1S/C21H17N3O5S/c1-12-9-16(13(2)22(12)10-14-5-4-8-30-14)18(25)11-23-20(26)15-6-3-7-17(24(28)29)19(15)21(23)27/h3-9H,10-11H2,1-2H3. The molecule has 0 unspecified atom stereocenters. The van der Waals surface area contributed by atoms with E-state index in [1.54, 1.807) is 17.4 Å². The molecule has 0 atom stereocenters. The van der Waals surface area contributed by atoms with Gasteiger partial charge in [0.2, 0.25) is 0 Å². The average Bonchev–Trinajstić information content (AvgIpc) is 3.39. The van der Waals surface area contributed by atoms with E-state index in [2.05, 4.69) is 0 Å². The van der Waals surface area contributed by atoms with E-state index in [-0.39, 0.29) is 11.1 Å². The van der Waals surface area contributed by atoms with E-state index in [0.29, 0.717) is 12.1 Å². The molecule has 1 aliphatic rings. The molecule has 152 valence electrons. The van der Waals surface area contributed by atoms with Gasteiger partial charge < -0.3 is 4.57 Å². The zero-order valence-electron chi connectivity index (χ0n) is 16.2. The number of carbonyl (C=O) groups excluding carboxylic acids is 3. The normalized spacial score (nSPS) is 13.1. The number of aryl methyl sites for hydroxylation is 1. The SMILES string of the molecule is Cc1cc(C(=O)CN2C(=O)c3cccc([N+](=O)[O-])c3C2=O)c(C)n1Cc1cccs1. The Balaban J connectivity index is 1.61. The molecule has 2 aromatic heterocycles. The second-order valence-electron chi connectivity index (χ2n) is 7.03. The fourth-order valence-electron chi connectivity index (χ4n) is 3.73. The predicted molar refractivity (Wildman–Crippen MR) is 110 cm³/mol. The van der Waals surface area contributed by atoms with Gasteiger partial charge >= 0.3 is 0 Å². The van der Waals surface area contributed by atoms with Crippen LogP contribution in [-0.4, -0.2) is 38.5 Å². The molecular weight excluding hydrogens is 406 g/mol. The van der Waals surface area contributed by atoms with Crippen LogP contribution < -0.4 is 0 Å². The van der Waals surface area contributed by atoms with Crippen molar-refractivity contribution >= 4 is 34.6 Å². The largest absolute Gasteiger partial charge is 0.343 e. The molecule has 2 amide bonds. The van der Waals surface area contributed by atoms with Gasteiger partial charge in [-0.15, -0.1) is 11.3 Å². The van der Waals surface area contributed by atoms with Crippen LogP contribution >= 0.6 is 11.3 Å². The number of benzene rings is 1. The maximum absolute atomic E-state index is 13.0. The van der Waals surface area contributed by atoms with Crippen molar-refractivity contribution in [3.63, 3.8) is 0 Å². The molecule has 0 spiro atoms. The third kappa shape index (κ3) is 3.13. The van der Waals surface area contributed by atoms with E-state index in [1.807, 2.05) is 35.9 Å². The fraction of sp³-hybridized carbons (Fsp3) is 0.190. The Bertz CT molecular complexity index is 1210. The highest BCUT2D eigenvalue weighted by Gasteiger charge is 2.41. The van der Waals surface area contributed by atoms with Crippen molar-refractivity contribution in [1.29, 1.82) is 0 Å². The fourth-order valence-corrected chi connectivity index (χ4v) is 4.42. The number of hydrogen-bond acceptors (Lipinski definition) is 6. The first kappa shape index (κ1) is 19.7. The predicted octanol–water partition coefficient (Wildman–Crippen LogP) is 3.60. The van der Waals surface area contributed by atoms with Crippen LogP contribution in [-0.2, 0) is 6.54 Å². The van der Waals surface area contributed by atoms with E-state index in [9.17, 15) is 24.5 Å². The summed E-state index contributed by atoms with van der Waals surface area (Å²) < 4.78 is 2.01. The van der Waals surface area contributed by atoms with Crippen LogP contribution in [0, 0.1) is 24.0 Å². The van der Waals surface area contributed by atoms with Crippen LogP contribution in [0.1, 0.15) is 47.3 Å². The van der Waals surface area contributed by atoms with E-state index in [0.717, 1.165) is 21.2 Å². The van der Waals surface area contributed by atoms with Crippen LogP contribution in [0.4, 0.5) is 5.69 Å². The number of hydrogen-bond donors (Lipinski definition) is 0. The molecule has 4 rings (SSSR count). The molecule has 0 saturated carbocycles. The number of fused-ring (bicyclic) bond motifs is 1. The molecule has 0 bridgehead atoms. The maximum atomic E-state index is 13.0. The molecule has 1 aromatic carbocycles. The van der Waals surface area contributed by atoms with Crippen LogP contribution in [0.25, 0.3) is 0 Å². The van der Waals surface area contributed by atoms with Crippen LogP contribution in [0.3, 0.4) is 0 Å². The van der Waals surface area contributed by atoms with Gasteiger partial charge in [0.25, 0.3) is 17.5 Å². The van der Waals surface area contributed by atoms with Crippen molar-refractivity contribution in [2.75, 3.05) is 6.54 Å². The number of imide groups is 1. The van der Waals surface area contributed by atoms with Crippen LogP contribution in [0.15, 0.2) is 41.8 Å². The summed E-state index contributed by atoms with van der Waals surface area (Å²) >= 11 is 1.62. The highest BCUT2D eigenvalue weighted by molar-refractivity contribution is 7.09. The van der Waals surface area contributed by atoms with Crippen molar-refractivity contribution in [3.8, 4) is 0 Å². The van der Waals surface area contributed by atoms with Gasteiger partial charge in [0.05, 0.1) is 23.6 Å². The summed E-state index contributed by atoms with van der Waals surface area (Å²) in [7, 11) is 0. The Labute approximate surface area is 175 Å². The highest BCUT2D eigenvalue weighted by Crippen LogP contribution is 2.31. The van der Waals surface area contributed by atoms with Crippen molar-refractivity contribution in [3.05, 3.63) is 84.8 Å². The smallest absolute Gasteiger partial charge is 0.282 e. The van der Waals surface area contributed by atoms with E-state index in [1.165, 1.54) is 18.2 Å². The topological polar surface area (TPSA) is 103 Å². The number of ketones is 1. The Kier molecular flexibility index (Phi) is 4.83. The molecule has 0 aliphatic carbocycles. The van der Waals surface area contributed by atoms with Crippen molar-refractivity contribution in [2.45, 2.75) is 20.4 Å². The third-order valence-corrected chi connectivity index (χ3v) is 6.10. The molecule has 3 heterocycles. The molecule has 0 fully saturated rings. The van der Waals surface area contributed by atoms with Crippen molar-refractivity contribution < 1.29 is 19.3 Å². The molecule has 1 aliphatic heterocycles. The summed E-state index contributed by atoms with van der Waals surface area (Å²) in [5.74, 6) is -1.90.